The average molecular weight is 274 g/mol. The van der Waals surface area contributed by atoms with Crippen LogP contribution in [0.3, 0.4) is 0 Å². The van der Waals surface area contributed by atoms with Gasteiger partial charge in [-0.25, -0.2) is 0 Å². The molecule has 0 aliphatic carbocycles. The molecule has 1 amide bonds. The van der Waals surface area contributed by atoms with Gasteiger partial charge in [0.25, 0.3) is 0 Å². The molecule has 0 aliphatic heterocycles. The van der Waals surface area contributed by atoms with E-state index in [2.05, 4.69) is 15.7 Å². The van der Waals surface area contributed by atoms with E-state index in [0.717, 1.165) is 18.0 Å². The zero-order valence-corrected chi connectivity index (χ0v) is 11.4. The van der Waals surface area contributed by atoms with Crippen LogP contribution in [0.25, 0.3) is 0 Å². The number of carbonyl (C=O) groups excluding carboxylic acids is 1. The Kier molecular flexibility index (Phi) is 5.14. The Hall–Kier alpha value is -2.34. The Morgan fingerprint density at radius 2 is 2.30 bits per heavy atom. The molecule has 20 heavy (non-hydrogen) atoms. The lowest BCUT2D eigenvalue weighted by Gasteiger charge is -2.08. The van der Waals surface area contributed by atoms with Gasteiger partial charge >= 0.3 is 0 Å². The lowest BCUT2D eigenvalue weighted by Crippen LogP contribution is -2.30. The summed E-state index contributed by atoms with van der Waals surface area (Å²) in [6, 6.07) is 9.14. The number of hydrogen-bond acceptors (Lipinski definition) is 4. The molecule has 2 aromatic rings. The molecule has 0 saturated heterocycles. The van der Waals surface area contributed by atoms with Crippen molar-refractivity contribution in [3.8, 4) is 5.75 Å². The first-order chi connectivity index (χ1) is 9.78. The molecule has 1 heterocycles. The molecule has 2 rings (SSSR count). The predicted octanol–water partition coefficient (Wildman–Crippen LogP) is 1.12. The monoisotopic (exact) mass is 274 g/mol. The summed E-state index contributed by atoms with van der Waals surface area (Å²) in [7, 11) is 1.60. The minimum Gasteiger partial charge on any atom is -0.497 e. The fourth-order valence-electron chi connectivity index (χ4n) is 1.73. The highest BCUT2D eigenvalue weighted by molar-refractivity contribution is 5.92. The average Bonchev–Trinajstić information content (AvgIpc) is 2.97. The minimum atomic E-state index is -0.0845. The third-order valence-corrected chi connectivity index (χ3v) is 2.72. The van der Waals surface area contributed by atoms with Crippen molar-refractivity contribution < 1.29 is 9.53 Å². The van der Waals surface area contributed by atoms with Crippen molar-refractivity contribution in [2.24, 2.45) is 0 Å². The molecular formula is C14H18N4O2. The zero-order valence-electron chi connectivity index (χ0n) is 11.4. The fourth-order valence-corrected chi connectivity index (χ4v) is 1.73. The number of ether oxygens (including phenoxy) is 1. The normalized spacial score (nSPS) is 10.2. The van der Waals surface area contributed by atoms with Gasteiger partial charge in [-0.2, -0.15) is 5.10 Å². The molecule has 0 atom stereocenters. The first-order valence-corrected chi connectivity index (χ1v) is 6.40. The van der Waals surface area contributed by atoms with Gasteiger partial charge in [-0.1, -0.05) is 6.07 Å². The van der Waals surface area contributed by atoms with Crippen LogP contribution in [-0.2, 0) is 11.3 Å². The van der Waals surface area contributed by atoms with Gasteiger partial charge in [0.2, 0.25) is 5.91 Å². The van der Waals surface area contributed by atoms with Crippen LogP contribution in [0.15, 0.2) is 42.7 Å². The van der Waals surface area contributed by atoms with Crippen LogP contribution in [0, 0.1) is 0 Å². The predicted molar refractivity (Wildman–Crippen MR) is 76.7 cm³/mol. The second kappa shape index (κ2) is 7.30. The SMILES string of the molecule is COc1cccc(NC(=O)CNCCn2cccn2)c1. The molecule has 1 aromatic heterocycles. The van der Waals surface area contributed by atoms with E-state index in [9.17, 15) is 4.79 Å². The van der Waals surface area contributed by atoms with Crippen LogP contribution in [0.4, 0.5) is 5.69 Å². The van der Waals surface area contributed by atoms with Crippen molar-refractivity contribution >= 4 is 11.6 Å². The molecule has 0 saturated carbocycles. The van der Waals surface area contributed by atoms with Gasteiger partial charge in [-0.15, -0.1) is 0 Å². The van der Waals surface area contributed by atoms with Crippen LogP contribution < -0.4 is 15.4 Å². The van der Waals surface area contributed by atoms with Gasteiger partial charge < -0.3 is 15.4 Å². The Labute approximate surface area is 117 Å². The molecule has 6 heteroatoms. The molecule has 0 spiro atoms. The summed E-state index contributed by atoms with van der Waals surface area (Å²) in [5, 5.41) is 9.96. The number of carbonyl (C=O) groups is 1. The molecule has 106 valence electrons. The van der Waals surface area contributed by atoms with Crippen molar-refractivity contribution in [1.29, 1.82) is 0 Å². The molecule has 6 nitrogen and oxygen atoms in total. The molecule has 0 aliphatic rings. The largest absolute Gasteiger partial charge is 0.497 e. The van der Waals surface area contributed by atoms with Crippen molar-refractivity contribution in [3.63, 3.8) is 0 Å². The molecule has 0 radical (unpaired) electrons. The summed E-state index contributed by atoms with van der Waals surface area (Å²) in [4.78, 5) is 11.7. The van der Waals surface area contributed by atoms with Crippen molar-refractivity contribution in [3.05, 3.63) is 42.7 Å². The van der Waals surface area contributed by atoms with Gasteiger partial charge in [0.1, 0.15) is 5.75 Å². The number of aromatic nitrogens is 2. The third-order valence-electron chi connectivity index (χ3n) is 2.72. The number of nitrogens with one attached hydrogen (secondary N) is 2. The minimum absolute atomic E-state index is 0.0845. The molecule has 0 fully saturated rings. The number of anilines is 1. The zero-order chi connectivity index (χ0) is 14.2. The fraction of sp³-hybridized carbons (Fsp3) is 0.286. The number of methoxy groups -OCH3 is 1. The smallest absolute Gasteiger partial charge is 0.238 e. The van der Waals surface area contributed by atoms with Gasteiger partial charge in [0, 0.05) is 30.7 Å². The Balaban J connectivity index is 1.69. The molecular weight excluding hydrogens is 256 g/mol. The van der Waals surface area contributed by atoms with E-state index >= 15 is 0 Å². The Bertz CT molecular complexity index is 540. The van der Waals surface area contributed by atoms with Crippen LogP contribution in [0.5, 0.6) is 5.75 Å². The summed E-state index contributed by atoms with van der Waals surface area (Å²) in [6.45, 7) is 1.69. The van der Waals surface area contributed by atoms with Crippen LogP contribution in [0.2, 0.25) is 0 Å². The summed E-state index contributed by atoms with van der Waals surface area (Å²) in [5.74, 6) is 0.633. The molecule has 2 N–H and O–H groups in total. The second-order valence-electron chi connectivity index (χ2n) is 4.23. The first-order valence-electron chi connectivity index (χ1n) is 6.40. The summed E-state index contributed by atoms with van der Waals surface area (Å²) >= 11 is 0. The molecule has 0 unspecified atom stereocenters. The second-order valence-corrected chi connectivity index (χ2v) is 4.23. The maximum absolute atomic E-state index is 11.7. The molecule has 1 aromatic carbocycles. The van der Waals surface area contributed by atoms with E-state index in [1.165, 1.54) is 0 Å². The van der Waals surface area contributed by atoms with Crippen molar-refractivity contribution in [1.82, 2.24) is 15.1 Å². The lowest BCUT2D eigenvalue weighted by molar-refractivity contribution is -0.115. The number of rotatable bonds is 7. The summed E-state index contributed by atoms with van der Waals surface area (Å²) in [6.07, 6.45) is 3.62. The van der Waals surface area contributed by atoms with Gasteiger partial charge in [-0.3, -0.25) is 9.48 Å². The van der Waals surface area contributed by atoms with E-state index in [1.54, 1.807) is 19.4 Å². The lowest BCUT2D eigenvalue weighted by atomic mass is 10.3. The van der Waals surface area contributed by atoms with E-state index in [4.69, 9.17) is 4.74 Å². The van der Waals surface area contributed by atoms with Gasteiger partial charge in [0.15, 0.2) is 0 Å². The van der Waals surface area contributed by atoms with E-state index < -0.39 is 0 Å². The van der Waals surface area contributed by atoms with Gasteiger partial charge in [-0.05, 0) is 18.2 Å². The van der Waals surface area contributed by atoms with Crippen LogP contribution in [-0.4, -0.2) is 35.9 Å². The quantitative estimate of drug-likeness (QED) is 0.742. The summed E-state index contributed by atoms with van der Waals surface area (Å²) in [5.41, 5.74) is 0.725. The number of nitrogens with zero attached hydrogens (tertiary/aromatic N) is 2. The van der Waals surface area contributed by atoms with Crippen molar-refractivity contribution in [2.75, 3.05) is 25.5 Å². The van der Waals surface area contributed by atoms with E-state index in [0.29, 0.717) is 6.54 Å². The van der Waals surface area contributed by atoms with E-state index in [-0.39, 0.29) is 12.5 Å². The maximum Gasteiger partial charge on any atom is 0.238 e. The molecule has 0 bridgehead atoms. The standard InChI is InChI=1S/C14H18N4O2/c1-20-13-5-2-4-12(10-13)17-14(19)11-15-7-9-18-8-3-6-16-18/h2-6,8,10,15H,7,9,11H2,1H3,(H,17,19). The topological polar surface area (TPSA) is 68.2 Å². The van der Waals surface area contributed by atoms with Crippen molar-refractivity contribution in [2.45, 2.75) is 6.54 Å². The highest BCUT2D eigenvalue weighted by Gasteiger charge is 2.02. The van der Waals surface area contributed by atoms with Crippen LogP contribution >= 0.6 is 0 Å². The Morgan fingerprint density at radius 3 is 3.05 bits per heavy atom. The highest BCUT2D eigenvalue weighted by atomic mass is 16.5. The number of amides is 1. The van der Waals surface area contributed by atoms with Crippen LogP contribution in [0.1, 0.15) is 0 Å². The van der Waals surface area contributed by atoms with Gasteiger partial charge in [0.05, 0.1) is 20.2 Å². The Morgan fingerprint density at radius 1 is 1.40 bits per heavy atom. The van der Waals surface area contributed by atoms with E-state index in [1.807, 2.05) is 35.1 Å². The maximum atomic E-state index is 11.7. The first kappa shape index (κ1) is 14.1. The number of benzene rings is 1. The summed E-state index contributed by atoms with van der Waals surface area (Å²) < 4.78 is 6.91. The number of hydrogen-bond donors (Lipinski definition) is 2. The highest BCUT2D eigenvalue weighted by Crippen LogP contribution is 2.16. The third kappa shape index (κ3) is 4.40.